The van der Waals surface area contributed by atoms with Crippen molar-refractivity contribution in [2.75, 3.05) is 5.32 Å². The summed E-state index contributed by atoms with van der Waals surface area (Å²) in [5, 5.41) is 7.27. The van der Waals surface area contributed by atoms with Gasteiger partial charge in [0.05, 0.1) is 5.69 Å². The van der Waals surface area contributed by atoms with Crippen LogP contribution in [-0.2, 0) is 12.8 Å². The standard InChI is InChI=1S/C20H29N3OS/c24-18(22-19-21-16-5-3-1-2-4-6-17(16)25-19)23-20-10-13-7-14(11-20)9-15(8-13)12-20/h13-15H,1-12H2,(H2,21,22,23,24). The van der Waals surface area contributed by atoms with Gasteiger partial charge in [0.15, 0.2) is 5.13 Å². The number of nitrogens with one attached hydrogen (secondary N) is 2. The molecule has 0 spiro atoms. The second-order valence-corrected chi connectivity index (χ2v) is 10.2. The van der Waals surface area contributed by atoms with Gasteiger partial charge >= 0.3 is 6.03 Å². The molecule has 4 saturated carbocycles. The van der Waals surface area contributed by atoms with Crippen molar-refractivity contribution >= 4 is 22.5 Å². The fraction of sp³-hybridized carbons (Fsp3) is 0.800. The predicted octanol–water partition coefficient (Wildman–Crippen LogP) is 4.89. The van der Waals surface area contributed by atoms with Crippen LogP contribution in [0.1, 0.15) is 74.8 Å². The van der Waals surface area contributed by atoms with Crippen LogP contribution in [-0.4, -0.2) is 16.6 Å². The normalized spacial score (nSPS) is 36.4. The molecular weight excluding hydrogens is 330 g/mol. The van der Waals surface area contributed by atoms with Gasteiger partial charge in [-0.15, -0.1) is 11.3 Å². The lowest BCUT2D eigenvalue weighted by molar-refractivity contribution is -0.0127. The zero-order chi connectivity index (χ0) is 16.9. The smallest absolute Gasteiger partial charge is 0.321 e. The number of carbonyl (C=O) groups excluding carboxylic acids is 1. The number of rotatable bonds is 2. The van der Waals surface area contributed by atoms with E-state index in [1.54, 1.807) is 11.3 Å². The number of carbonyl (C=O) groups is 1. The number of aromatic nitrogens is 1. The Morgan fingerprint density at radius 2 is 1.60 bits per heavy atom. The Kier molecular flexibility index (Phi) is 4.03. The molecule has 6 rings (SSSR count). The van der Waals surface area contributed by atoms with Gasteiger partial charge in [-0.1, -0.05) is 12.8 Å². The highest BCUT2D eigenvalue weighted by Gasteiger charge is 2.51. The maximum absolute atomic E-state index is 12.7. The van der Waals surface area contributed by atoms with E-state index >= 15 is 0 Å². The average Bonchev–Trinajstić information content (AvgIpc) is 2.86. The van der Waals surface area contributed by atoms with E-state index in [0.717, 1.165) is 35.7 Å². The zero-order valence-corrected chi connectivity index (χ0v) is 15.8. The van der Waals surface area contributed by atoms with E-state index in [-0.39, 0.29) is 11.6 Å². The third kappa shape index (κ3) is 3.20. The maximum Gasteiger partial charge on any atom is 0.321 e. The van der Waals surface area contributed by atoms with E-state index in [1.165, 1.54) is 74.8 Å². The minimum atomic E-state index is -0.0244. The molecule has 2 amide bonds. The number of fused-ring (bicyclic) bond motifs is 1. The second kappa shape index (κ2) is 6.26. The van der Waals surface area contributed by atoms with Crippen molar-refractivity contribution in [1.29, 1.82) is 0 Å². The topological polar surface area (TPSA) is 54.0 Å². The van der Waals surface area contributed by atoms with Crippen LogP contribution in [0.4, 0.5) is 9.93 Å². The summed E-state index contributed by atoms with van der Waals surface area (Å²) in [4.78, 5) is 18.8. The first-order valence-electron chi connectivity index (χ1n) is 10.3. The monoisotopic (exact) mass is 359 g/mol. The molecule has 4 nitrogen and oxygen atoms in total. The molecule has 5 aliphatic carbocycles. The molecule has 5 aliphatic rings. The molecule has 1 aromatic heterocycles. The Balaban J connectivity index is 1.26. The zero-order valence-electron chi connectivity index (χ0n) is 15.0. The highest BCUT2D eigenvalue weighted by atomic mass is 32.1. The third-order valence-electron chi connectivity index (χ3n) is 6.98. The number of nitrogens with zero attached hydrogens (tertiary/aromatic N) is 1. The highest BCUT2D eigenvalue weighted by molar-refractivity contribution is 7.15. The molecule has 4 bridgehead atoms. The van der Waals surface area contributed by atoms with Crippen LogP contribution in [0.15, 0.2) is 0 Å². The minimum absolute atomic E-state index is 0.0244. The lowest BCUT2D eigenvalue weighted by Gasteiger charge is -2.56. The quantitative estimate of drug-likeness (QED) is 0.790. The lowest BCUT2D eigenvalue weighted by atomic mass is 9.53. The van der Waals surface area contributed by atoms with Crippen LogP contribution in [0.25, 0.3) is 0 Å². The third-order valence-corrected chi connectivity index (χ3v) is 8.06. The van der Waals surface area contributed by atoms with Crippen molar-refractivity contribution in [1.82, 2.24) is 10.3 Å². The number of hydrogen-bond acceptors (Lipinski definition) is 3. The van der Waals surface area contributed by atoms with Crippen molar-refractivity contribution < 1.29 is 4.79 Å². The fourth-order valence-corrected chi connectivity index (χ4v) is 7.44. The largest absolute Gasteiger partial charge is 0.332 e. The fourth-order valence-electron chi connectivity index (χ4n) is 6.39. The molecule has 25 heavy (non-hydrogen) atoms. The van der Waals surface area contributed by atoms with E-state index in [2.05, 4.69) is 10.6 Å². The Hall–Kier alpha value is -1.10. The van der Waals surface area contributed by atoms with Gasteiger partial charge < -0.3 is 5.32 Å². The molecule has 0 aromatic carbocycles. The molecule has 2 N–H and O–H groups in total. The average molecular weight is 360 g/mol. The predicted molar refractivity (Wildman–Crippen MR) is 101 cm³/mol. The van der Waals surface area contributed by atoms with Gasteiger partial charge in [0.1, 0.15) is 0 Å². The highest BCUT2D eigenvalue weighted by Crippen LogP contribution is 2.55. The van der Waals surface area contributed by atoms with Crippen LogP contribution in [0.5, 0.6) is 0 Å². The van der Waals surface area contributed by atoms with Crippen molar-refractivity contribution in [3.05, 3.63) is 10.6 Å². The van der Waals surface area contributed by atoms with Crippen LogP contribution in [0.2, 0.25) is 0 Å². The Bertz CT molecular complexity index is 607. The molecule has 4 fully saturated rings. The summed E-state index contributed by atoms with van der Waals surface area (Å²) < 4.78 is 0. The number of aryl methyl sites for hydroxylation is 2. The summed E-state index contributed by atoms with van der Waals surface area (Å²) in [5.41, 5.74) is 1.31. The molecule has 0 saturated heterocycles. The van der Waals surface area contributed by atoms with E-state index in [9.17, 15) is 4.79 Å². The van der Waals surface area contributed by atoms with Crippen LogP contribution in [0, 0.1) is 17.8 Å². The molecule has 0 aliphatic heterocycles. The van der Waals surface area contributed by atoms with Crippen molar-refractivity contribution in [2.24, 2.45) is 17.8 Å². The van der Waals surface area contributed by atoms with E-state index in [1.807, 2.05) is 0 Å². The SMILES string of the molecule is O=C(Nc1nc2c(s1)CCCCCC2)NC12CC3CC(CC(C3)C1)C2. The van der Waals surface area contributed by atoms with Crippen LogP contribution < -0.4 is 10.6 Å². The summed E-state index contributed by atoms with van der Waals surface area (Å²) >= 11 is 1.70. The molecule has 136 valence electrons. The van der Waals surface area contributed by atoms with E-state index in [0.29, 0.717) is 0 Å². The first-order chi connectivity index (χ1) is 12.2. The minimum Gasteiger partial charge on any atom is -0.332 e. The lowest BCUT2D eigenvalue weighted by Crippen LogP contribution is -2.60. The van der Waals surface area contributed by atoms with Gasteiger partial charge in [-0.2, -0.15) is 0 Å². The summed E-state index contributed by atoms with van der Waals surface area (Å²) in [6.45, 7) is 0. The van der Waals surface area contributed by atoms with Gasteiger partial charge in [0.2, 0.25) is 0 Å². The summed E-state index contributed by atoms with van der Waals surface area (Å²) in [6, 6.07) is -0.0244. The summed E-state index contributed by atoms with van der Waals surface area (Å²) in [5.74, 6) is 2.56. The molecular formula is C20H29N3OS. The molecule has 0 radical (unpaired) electrons. The number of amides is 2. The number of anilines is 1. The van der Waals surface area contributed by atoms with Gasteiger partial charge in [0, 0.05) is 10.4 Å². The van der Waals surface area contributed by atoms with Crippen molar-refractivity contribution in [3.8, 4) is 0 Å². The Morgan fingerprint density at radius 3 is 2.28 bits per heavy atom. The molecule has 1 aromatic rings. The Morgan fingerprint density at radius 1 is 0.960 bits per heavy atom. The summed E-state index contributed by atoms with van der Waals surface area (Å²) in [6.07, 6.45) is 15.1. The van der Waals surface area contributed by atoms with Crippen molar-refractivity contribution in [3.63, 3.8) is 0 Å². The molecule has 0 atom stereocenters. The van der Waals surface area contributed by atoms with Gasteiger partial charge in [0.25, 0.3) is 0 Å². The molecule has 1 heterocycles. The van der Waals surface area contributed by atoms with Crippen LogP contribution in [0.3, 0.4) is 0 Å². The first kappa shape index (κ1) is 16.1. The first-order valence-corrected chi connectivity index (χ1v) is 11.1. The van der Waals surface area contributed by atoms with Crippen molar-refractivity contribution in [2.45, 2.75) is 82.6 Å². The van der Waals surface area contributed by atoms with E-state index < -0.39 is 0 Å². The molecule has 0 unspecified atom stereocenters. The van der Waals surface area contributed by atoms with Gasteiger partial charge in [-0.05, 0) is 82.0 Å². The number of urea groups is 1. The van der Waals surface area contributed by atoms with Gasteiger partial charge in [-0.3, -0.25) is 5.32 Å². The van der Waals surface area contributed by atoms with Gasteiger partial charge in [-0.25, -0.2) is 9.78 Å². The summed E-state index contributed by atoms with van der Waals surface area (Å²) in [7, 11) is 0. The maximum atomic E-state index is 12.7. The second-order valence-electron chi connectivity index (χ2n) is 9.08. The number of hydrogen-bond donors (Lipinski definition) is 2. The van der Waals surface area contributed by atoms with Crippen LogP contribution >= 0.6 is 11.3 Å². The number of thiazole rings is 1. The Labute approximate surface area is 154 Å². The molecule has 5 heteroatoms. The van der Waals surface area contributed by atoms with E-state index in [4.69, 9.17) is 4.98 Å².